The fourth-order valence-electron chi connectivity index (χ4n) is 6.53. The summed E-state index contributed by atoms with van der Waals surface area (Å²) in [7, 11) is -5.17. The zero-order chi connectivity index (χ0) is 42.9. The zero-order valence-corrected chi connectivity index (χ0v) is 38.4. The fraction of sp³-hybridized carbons (Fsp3) is 0.850. The summed E-state index contributed by atoms with van der Waals surface area (Å²) in [6, 6.07) is 0. The van der Waals surface area contributed by atoms with Crippen molar-refractivity contribution < 1.29 is 47.1 Å². The van der Waals surface area contributed by atoms with Gasteiger partial charge in [0.25, 0.3) is 11.6 Å². The molecule has 12 nitrogen and oxygen atoms in total. The van der Waals surface area contributed by atoms with Crippen LogP contribution in [-0.2, 0) is 49.4 Å². The van der Waals surface area contributed by atoms with E-state index in [0.29, 0.717) is 26.2 Å². The minimum Gasteiger partial charge on any atom is -0.759 e. The summed E-state index contributed by atoms with van der Waals surface area (Å²) in [4.78, 5) is 0. The van der Waals surface area contributed by atoms with Gasteiger partial charge in [-0.25, -0.2) is 18.3 Å². The molecule has 0 saturated heterocycles. The van der Waals surface area contributed by atoms with Crippen molar-refractivity contribution >= 4 is 56.8 Å². The van der Waals surface area contributed by atoms with Gasteiger partial charge in [-0.1, -0.05) is 117 Å². The number of hydrogen-bond donors (Lipinski definition) is 4. The second-order valence-corrected chi connectivity index (χ2v) is 16.9. The van der Waals surface area contributed by atoms with Crippen molar-refractivity contribution in [3.8, 4) is 0 Å². The van der Waals surface area contributed by atoms with Crippen molar-refractivity contribution in [3.05, 3.63) is 36.4 Å². The highest BCUT2D eigenvalue weighted by atomic mass is 35.5. The maximum Gasteiger partial charge on any atom is 0.256 e. The van der Waals surface area contributed by atoms with E-state index in [1.807, 2.05) is 24.8 Å². The average molecular weight is 913 g/mol. The van der Waals surface area contributed by atoms with E-state index in [9.17, 15) is 20.4 Å². The van der Waals surface area contributed by atoms with Gasteiger partial charge in [0, 0.05) is 23.2 Å². The zero-order valence-electron chi connectivity index (χ0n) is 34.5. The summed E-state index contributed by atoms with van der Waals surface area (Å²) in [6.07, 6.45) is 30.8. The van der Waals surface area contributed by atoms with Crippen LogP contribution in [0.15, 0.2) is 24.8 Å². The molecular weight excluding hydrogens is 838 g/mol. The average Bonchev–Trinajstić information content (AvgIpc) is 3.73. The standard InChI is InChI=1S/2C20H37Cl2N2O2.H2O4S/c2*1-2-3-4-5-6-7-8-9-10-11-20-23(16-18(25)14-21)12-13-24(20)17-19(26)15-22;1-5(2,3)4/h2*12-13,18-19,25-26H,2-11,14-17H2,1H3;(H2,1,2,3,4)/q2*+1;/p-2. The van der Waals surface area contributed by atoms with Gasteiger partial charge in [0.1, 0.15) is 75.4 Å². The van der Waals surface area contributed by atoms with Crippen molar-refractivity contribution in [2.24, 2.45) is 0 Å². The van der Waals surface area contributed by atoms with Gasteiger partial charge < -0.3 is 29.5 Å². The van der Waals surface area contributed by atoms with Gasteiger partial charge in [0.2, 0.25) is 0 Å². The van der Waals surface area contributed by atoms with E-state index < -0.39 is 34.8 Å². The van der Waals surface area contributed by atoms with Crippen molar-refractivity contribution in [1.29, 1.82) is 0 Å². The van der Waals surface area contributed by atoms with Crippen LogP contribution in [0, 0.1) is 0 Å². The molecule has 4 N–H and O–H groups in total. The van der Waals surface area contributed by atoms with Crippen LogP contribution < -0.4 is 9.13 Å². The summed E-state index contributed by atoms with van der Waals surface area (Å²) in [5.41, 5.74) is 0. The third-order valence-corrected chi connectivity index (χ3v) is 11.0. The summed E-state index contributed by atoms with van der Waals surface area (Å²) < 4.78 is 42.3. The molecule has 57 heavy (non-hydrogen) atoms. The lowest BCUT2D eigenvalue weighted by Crippen LogP contribution is -2.43. The van der Waals surface area contributed by atoms with Gasteiger partial charge in [-0.3, -0.25) is 8.42 Å². The number of rotatable bonds is 32. The molecule has 0 aliphatic heterocycles. The van der Waals surface area contributed by atoms with E-state index in [0.717, 1.165) is 37.3 Å². The third-order valence-electron chi connectivity index (χ3n) is 9.53. The van der Waals surface area contributed by atoms with Gasteiger partial charge in [0.15, 0.2) is 0 Å². The van der Waals surface area contributed by atoms with Gasteiger partial charge in [-0.05, 0) is 12.8 Å². The SMILES string of the molecule is CCCCCCCCCCCc1n(CC(O)CCl)cc[n+]1CC(O)CCl.CCCCCCCCCCCc1n(CC(O)CCl)cc[n+]1CC(O)CCl.O=S(=O)([O-])[O-]. The quantitative estimate of drug-likeness (QED) is 0.0205. The van der Waals surface area contributed by atoms with E-state index >= 15 is 0 Å². The molecule has 4 unspecified atom stereocenters. The lowest BCUT2D eigenvalue weighted by molar-refractivity contribution is -0.709. The highest BCUT2D eigenvalue weighted by Gasteiger charge is 2.22. The Morgan fingerprint density at radius 2 is 0.789 bits per heavy atom. The first kappa shape index (κ1) is 56.3. The van der Waals surface area contributed by atoms with Gasteiger partial charge in [-0.2, -0.15) is 0 Å². The van der Waals surface area contributed by atoms with Crippen LogP contribution in [0.25, 0.3) is 0 Å². The van der Waals surface area contributed by atoms with Gasteiger partial charge >= 0.3 is 0 Å². The van der Waals surface area contributed by atoms with E-state index in [2.05, 4.69) is 32.1 Å². The molecule has 2 rings (SSSR count). The van der Waals surface area contributed by atoms with E-state index in [1.54, 1.807) is 0 Å². The van der Waals surface area contributed by atoms with E-state index in [4.69, 9.17) is 63.9 Å². The number of imidazole rings is 2. The number of alkyl halides is 4. The molecule has 2 heterocycles. The Kier molecular flexibility index (Phi) is 35.5. The first-order valence-corrected chi connectivity index (χ1v) is 24.5. The van der Waals surface area contributed by atoms with Gasteiger partial charge in [-0.15, -0.1) is 46.4 Å². The topological polar surface area (TPSA) is 179 Å². The Morgan fingerprint density at radius 3 is 1.05 bits per heavy atom. The third kappa shape index (κ3) is 30.9. The second kappa shape index (κ2) is 36.0. The molecule has 0 fully saturated rings. The van der Waals surface area contributed by atoms with Crippen LogP contribution in [0.1, 0.15) is 141 Å². The summed E-state index contributed by atoms with van der Waals surface area (Å²) in [5.74, 6) is 3.14. The number of hydrogen-bond acceptors (Lipinski definition) is 8. The van der Waals surface area contributed by atoms with Crippen molar-refractivity contribution in [3.63, 3.8) is 0 Å². The fourth-order valence-corrected chi connectivity index (χ4v) is 6.92. The van der Waals surface area contributed by atoms with Crippen LogP contribution in [0.4, 0.5) is 0 Å². The van der Waals surface area contributed by atoms with E-state index in [-0.39, 0.29) is 23.5 Å². The number of unbranched alkanes of at least 4 members (excludes halogenated alkanes) is 16. The largest absolute Gasteiger partial charge is 0.759 e. The minimum atomic E-state index is -5.17. The highest BCUT2D eigenvalue weighted by Crippen LogP contribution is 2.14. The number of aromatic nitrogens is 4. The Labute approximate surface area is 364 Å². The predicted octanol–water partition coefficient (Wildman–Crippen LogP) is 6.76. The molecule has 17 heteroatoms. The van der Waals surface area contributed by atoms with Gasteiger partial charge in [0.05, 0.1) is 23.5 Å². The molecule has 0 spiro atoms. The number of nitrogens with zero attached hydrogens (tertiary/aromatic N) is 4. The lowest BCUT2D eigenvalue weighted by atomic mass is 10.1. The first-order chi connectivity index (χ1) is 27.2. The maximum absolute atomic E-state index is 9.87. The summed E-state index contributed by atoms with van der Waals surface area (Å²) >= 11 is 23.0. The number of aliphatic hydroxyl groups excluding tert-OH is 4. The van der Waals surface area contributed by atoms with Crippen molar-refractivity contribution in [2.45, 2.75) is 193 Å². The van der Waals surface area contributed by atoms with Crippen LogP contribution in [0.2, 0.25) is 0 Å². The van der Waals surface area contributed by atoms with Crippen molar-refractivity contribution in [2.75, 3.05) is 23.5 Å². The predicted molar refractivity (Wildman–Crippen MR) is 228 cm³/mol. The van der Waals surface area contributed by atoms with Crippen LogP contribution in [0.3, 0.4) is 0 Å². The van der Waals surface area contributed by atoms with Crippen LogP contribution in [-0.4, -0.2) is 95.0 Å². The second-order valence-electron chi connectivity index (χ2n) is 14.8. The Hall–Kier alpha value is -0.710. The summed E-state index contributed by atoms with van der Waals surface area (Å²) in [6.45, 7) is 6.45. The number of halogens is 4. The summed E-state index contributed by atoms with van der Waals surface area (Å²) in [5, 5.41) is 39.5. The molecule has 0 amide bonds. The molecule has 2 aromatic heterocycles. The minimum absolute atomic E-state index is 0.222. The normalized spacial score (nSPS) is 13.7. The highest BCUT2D eigenvalue weighted by molar-refractivity contribution is 7.79. The van der Waals surface area contributed by atoms with E-state index in [1.165, 1.54) is 103 Å². The molecule has 0 bridgehead atoms. The first-order valence-electron chi connectivity index (χ1n) is 21.0. The van der Waals surface area contributed by atoms with Crippen molar-refractivity contribution in [1.82, 2.24) is 9.13 Å². The molecule has 0 aliphatic carbocycles. The molecule has 0 aliphatic rings. The maximum atomic E-state index is 9.87. The van der Waals surface area contributed by atoms with Crippen LogP contribution >= 0.6 is 46.4 Å². The number of aliphatic hydroxyl groups is 4. The monoisotopic (exact) mass is 910 g/mol. The molecular formula is C40H74Cl4N4O8S. The van der Waals surface area contributed by atoms with Crippen LogP contribution in [0.5, 0.6) is 0 Å². The smallest absolute Gasteiger partial charge is 0.256 e. The lowest BCUT2D eigenvalue weighted by Gasteiger charge is -2.10. The Balaban J connectivity index is 0.000000982. The molecule has 2 aromatic rings. The molecule has 0 radical (unpaired) electrons. The molecule has 336 valence electrons. The molecule has 0 saturated carbocycles. The molecule has 0 aromatic carbocycles. The molecule has 4 atom stereocenters. The Bertz CT molecular complexity index is 1190. The Morgan fingerprint density at radius 1 is 0.526 bits per heavy atom.